The first-order valence-electron chi connectivity index (χ1n) is 7.32. The lowest BCUT2D eigenvalue weighted by molar-refractivity contribution is 0.340. The van der Waals surface area contributed by atoms with Crippen molar-refractivity contribution in [3.8, 4) is 5.75 Å². The van der Waals surface area contributed by atoms with E-state index in [9.17, 15) is 4.79 Å². The Morgan fingerprint density at radius 2 is 2.00 bits per heavy atom. The summed E-state index contributed by atoms with van der Waals surface area (Å²) in [4.78, 5) is 12.5. The Kier molecular flexibility index (Phi) is 5.10. The summed E-state index contributed by atoms with van der Waals surface area (Å²) < 4.78 is 6.70. The third kappa shape index (κ3) is 4.13. The van der Waals surface area contributed by atoms with Gasteiger partial charge in [0, 0.05) is 5.41 Å². The fourth-order valence-electron chi connectivity index (χ4n) is 1.93. The van der Waals surface area contributed by atoms with Gasteiger partial charge in [-0.2, -0.15) is 14.9 Å². The third-order valence-corrected chi connectivity index (χ3v) is 3.34. The maximum atomic E-state index is 12.5. The number of nitrogens with one attached hydrogen (secondary N) is 1. The summed E-state index contributed by atoms with van der Waals surface area (Å²) in [6, 6.07) is 7.42. The van der Waals surface area contributed by atoms with Crippen LogP contribution >= 0.6 is 12.2 Å². The van der Waals surface area contributed by atoms with Crippen LogP contribution in [0.1, 0.15) is 39.0 Å². The Bertz CT molecular complexity index is 814. The van der Waals surface area contributed by atoms with E-state index in [1.807, 2.05) is 52.0 Å². The summed E-state index contributed by atoms with van der Waals surface area (Å²) in [5.41, 5.74) is 0.509. The average Bonchev–Trinajstić information content (AvgIpc) is 2.47. The van der Waals surface area contributed by atoms with Crippen molar-refractivity contribution in [1.29, 1.82) is 0 Å². The van der Waals surface area contributed by atoms with Gasteiger partial charge in [0.15, 0.2) is 0 Å². The van der Waals surface area contributed by atoms with Crippen LogP contribution in [0.4, 0.5) is 0 Å². The van der Waals surface area contributed by atoms with Crippen molar-refractivity contribution in [1.82, 2.24) is 14.9 Å². The zero-order chi connectivity index (χ0) is 17.0. The average molecular weight is 332 g/mol. The van der Waals surface area contributed by atoms with Crippen LogP contribution in [0.15, 0.2) is 34.2 Å². The van der Waals surface area contributed by atoms with Crippen LogP contribution in [0.5, 0.6) is 5.75 Å². The van der Waals surface area contributed by atoms with E-state index in [1.54, 1.807) is 6.21 Å². The molecular formula is C16H20N4O2S. The largest absolute Gasteiger partial charge is 0.494 e. The van der Waals surface area contributed by atoms with Gasteiger partial charge in [-0.25, -0.2) is 0 Å². The molecule has 0 radical (unpaired) electrons. The zero-order valence-electron chi connectivity index (χ0n) is 13.7. The Morgan fingerprint density at radius 1 is 1.35 bits per heavy atom. The molecule has 1 heterocycles. The first kappa shape index (κ1) is 17.1. The molecule has 0 aliphatic heterocycles. The molecule has 6 nitrogen and oxygen atoms in total. The van der Waals surface area contributed by atoms with Gasteiger partial charge >= 0.3 is 0 Å². The number of benzene rings is 1. The van der Waals surface area contributed by atoms with Gasteiger partial charge in [-0.05, 0) is 49.0 Å². The molecule has 0 atom stereocenters. The molecule has 0 aliphatic carbocycles. The van der Waals surface area contributed by atoms with E-state index in [0.29, 0.717) is 12.3 Å². The second kappa shape index (κ2) is 6.87. The number of aromatic nitrogens is 3. The molecule has 0 unspecified atom stereocenters. The normalized spacial score (nSPS) is 11.8. The van der Waals surface area contributed by atoms with Crippen LogP contribution in [0, 0.1) is 4.77 Å². The molecule has 1 aromatic heterocycles. The topological polar surface area (TPSA) is 72.3 Å². The lowest BCUT2D eigenvalue weighted by atomic mass is 9.93. The minimum absolute atomic E-state index is 0.158. The molecule has 0 saturated carbocycles. The minimum atomic E-state index is -0.396. The molecule has 23 heavy (non-hydrogen) atoms. The van der Waals surface area contributed by atoms with Gasteiger partial charge in [-0.1, -0.05) is 20.8 Å². The molecule has 7 heteroatoms. The summed E-state index contributed by atoms with van der Waals surface area (Å²) in [5, 5.41) is 10.9. The van der Waals surface area contributed by atoms with Crippen molar-refractivity contribution in [2.45, 2.75) is 33.1 Å². The lowest BCUT2D eigenvalue weighted by Gasteiger charge is -2.16. The molecule has 0 aliphatic rings. The molecule has 122 valence electrons. The zero-order valence-corrected chi connectivity index (χ0v) is 14.5. The predicted molar refractivity (Wildman–Crippen MR) is 93.0 cm³/mol. The van der Waals surface area contributed by atoms with Gasteiger partial charge in [0.2, 0.25) is 4.77 Å². The summed E-state index contributed by atoms with van der Waals surface area (Å²) >= 11 is 5.10. The van der Waals surface area contributed by atoms with Gasteiger partial charge in [0.25, 0.3) is 5.56 Å². The van der Waals surface area contributed by atoms with Gasteiger partial charge in [-0.3, -0.25) is 9.89 Å². The quantitative estimate of drug-likeness (QED) is 0.690. The molecule has 1 N–H and O–H groups in total. The van der Waals surface area contributed by atoms with Crippen molar-refractivity contribution < 1.29 is 4.74 Å². The highest BCUT2D eigenvalue weighted by molar-refractivity contribution is 7.71. The molecule has 0 saturated heterocycles. The van der Waals surface area contributed by atoms with E-state index in [4.69, 9.17) is 17.0 Å². The highest BCUT2D eigenvalue weighted by Crippen LogP contribution is 2.15. The van der Waals surface area contributed by atoms with E-state index in [0.717, 1.165) is 16.0 Å². The molecule has 2 aromatic rings. The molecule has 0 spiro atoms. The van der Waals surface area contributed by atoms with Crippen LogP contribution in [-0.4, -0.2) is 27.7 Å². The van der Waals surface area contributed by atoms with Crippen LogP contribution in [-0.2, 0) is 5.41 Å². The number of ether oxygens (including phenoxy) is 1. The predicted octanol–water partition coefficient (Wildman–Crippen LogP) is 2.88. The van der Waals surface area contributed by atoms with E-state index in [-0.39, 0.29) is 10.3 Å². The smallest absolute Gasteiger partial charge is 0.297 e. The summed E-state index contributed by atoms with van der Waals surface area (Å²) in [5.74, 6) is 0.790. The number of nitrogens with zero attached hydrogens (tertiary/aromatic N) is 3. The van der Waals surface area contributed by atoms with Gasteiger partial charge in [0.05, 0.1) is 12.8 Å². The monoisotopic (exact) mass is 332 g/mol. The summed E-state index contributed by atoms with van der Waals surface area (Å²) in [6.45, 7) is 8.28. The van der Waals surface area contributed by atoms with Crippen molar-refractivity contribution in [3.63, 3.8) is 0 Å². The number of hydrogen-bond acceptors (Lipinski definition) is 5. The molecular weight excluding hydrogens is 312 g/mol. The number of hydrogen-bond donors (Lipinski definition) is 1. The number of H-pyrrole nitrogens is 1. The first-order chi connectivity index (χ1) is 10.8. The standard InChI is InChI=1S/C16H20N4O2S/c1-5-22-12-8-6-11(7-9-12)10-17-20-14(21)13(16(2,3)4)18-19-15(20)23/h6-10H,5H2,1-4H3,(H,19,23)/b17-10-. The van der Waals surface area contributed by atoms with E-state index < -0.39 is 5.41 Å². The Morgan fingerprint density at radius 3 is 2.57 bits per heavy atom. The molecule has 1 aromatic carbocycles. The Balaban J connectivity index is 2.36. The summed E-state index contributed by atoms with van der Waals surface area (Å²) in [6.07, 6.45) is 1.58. The van der Waals surface area contributed by atoms with E-state index in [1.165, 1.54) is 0 Å². The minimum Gasteiger partial charge on any atom is -0.494 e. The van der Waals surface area contributed by atoms with Crippen molar-refractivity contribution in [2.24, 2.45) is 5.10 Å². The number of aromatic amines is 1. The van der Waals surface area contributed by atoms with Crippen LogP contribution in [0.25, 0.3) is 0 Å². The Labute approximate surface area is 139 Å². The van der Waals surface area contributed by atoms with Crippen LogP contribution in [0.3, 0.4) is 0 Å². The fourth-order valence-corrected chi connectivity index (χ4v) is 2.10. The molecule has 0 amide bonds. The summed E-state index contributed by atoms with van der Waals surface area (Å²) in [7, 11) is 0. The van der Waals surface area contributed by atoms with Gasteiger partial charge < -0.3 is 4.74 Å². The first-order valence-corrected chi connectivity index (χ1v) is 7.73. The second-order valence-electron chi connectivity index (χ2n) is 5.99. The lowest BCUT2D eigenvalue weighted by Crippen LogP contribution is -2.32. The maximum Gasteiger partial charge on any atom is 0.297 e. The van der Waals surface area contributed by atoms with Gasteiger partial charge in [-0.15, -0.1) is 0 Å². The van der Waals surface area contributed by atoms with E-state index in [2.05, 4.69) is 15.3 Å². The SMILES string of the molecule is CCOc1ccc(/C=N\n2c(=S)[nH]nc(C(C)(C)C)c2=O)cc1. The van der Waals surface area contributed by atoms with Crippen LogP contribution in [0.2, 0.25) is 0 Å². The molecule has 2 rings (SSSR count). The Hall–Kier alpha value is -2.28. The molecule has 0 fully saturated rings. The van der Waals surface area contributed by atoms with Crippen molar-refractivity contribution in [3.05, 3.63) is 50.6 Å². The molecule has 0 bridgehead atoms. The van der Waals surface area contributed by atoms with Gasteiger partial charge in [0.1, 0.15) is 11.4 Å². The fraction of sp³-hybridized carbons (Fsp3) is 0.375. The van der Waals surface area contributed by atoms with Crippen molar-refractivity contribution in [2.75, 3.05) is 6.61 Å². The van der Waals surface area contributed by atoms with Crippen molar-refractivity contribution >= 4 is 18.4 Å². The maximum absolute atomic E-state index is 12.5. The van der Waals surface area contributed by atoms with E-state index >= 15 is 0 Å². The second-order valence-corrected chi connectivity index (χ2v) is 6.38. The number of rotatable bonds is 4. The third-order valence-electron chi connectivity index (χ3n) is 3.07. The van der Waals surface area contributed by atoms with Crippen LogP contribution < -0.4 is 10.3 Å². The highest BCUT2D eigenvalue weighted by atomic mass is 32.1. The highest BCUT2D eigenvalue weighted by Gasteiger charge is 2.21.